The molecule has 0 N–H and O–H groups in total. The predicted octanol–water partition coefficient (Wildman–Crippen LogP) is 5.69. The van der Waals surface area contributed by atoms with E-state index >= 15 is 0 Å². The molecular weight excluding hydrogens is 384 g/mol. The number of carbonyl (C=O) groups is 1. The Balaban J connectivity index is 1.80. The van der Waals surface area contributed by atoms with Gasteiger partial charge in [-0.25, -0.2) is 14.4 Å². The summed E-state index contributed by atoms with van der Waals surface area (Å²) in [4.78, 5) is 19.5. The molecule has 0 unspecified atom stereocenters. The molecule has 2 atom stereocenters. The summed E-state index contributed by atoms with van der Waals surface area (Å²) in [5, 5.41) is 5.04. The summed E-state index contributed by atoms with van der Waals surface area (Å²) in [6, 6.07) is 17.6. The molecule has 2 aliphatic rings. The van der Waals surface area contributed by atoms with Gasteiger partial charge in [-0.1, -0.05) is 55.5 Å². The van der Waals surface area contributed by atoms with E-state index in [0.717, 1.165) is 35.5 Å². The Labute approximate surface area is 181 Å². The molecular formula is C26H20N4O. The van der Waals surface area contributed by atoms with E-state index in [1.165, 1.54) is 5.56 Å². The Morgan fingerprint density at radius 2 is 1.81 bits per heavy atom. The normalized spacial score (nSPS) is 22.0. The molecule has 31 heavy (non-hydrogen) atoms. The van der Waals surface area contributed by atoms with E-state index in [-0.39, 0.29) is 17.4 Å². The number of allylic oxidation sites excluding steroid dienone is 2. The van der Waals surface area contributed by atoms with Crippen LogP contribution in [0.5, 0.6) is 0 Å². The first-order valence-electron chi connectivity index (χ1n) is 10.3. The maximum Gasteiger partial charge on any atom is 0.226 e. The van der Waals surface area contributed by atoms with Crippen LogP contribution in [-0.4, -0.2) is 15.6 Å². The molecule has 0 fully saturated rings. The third-order valence-electron chi connectivity index (χ3n) is 6.63. The lowest BCUT2D eigenvalue weighted by molar-refractivity contribution is -0.117. The predicted molar refractivity (Wildman–Crippen MR) is 119 cm³/mol. The van der Waals surface area contributed by atoms with Crippen LogP contribution < -0.4 is 0 Å². The number of aromatic nitrogens is 2. The summed E-state index contributed by atoms with van der Waals surface area (Å²) < 4.78 is 1.96. The highest BCUT2D eigenvalue weighted by molar-refractivity contribution is 5.98. The summed E-state index contributed by atoms with van der Waals surface area (Å²) in [6.45, 7) is 16.9. The van der Waals surface area contributed by atoms with Gasteiger partial charge < -0.3 is 4.79 Å². The third kappa shape index (κ3) is 2.90. The zero-order chi connectivity index (χ0) is 21.6. The molecule has 2 aliphatic carbocycles. The number of fused-ring (bicyclic) bond motifs is 3. The van der Waals surface area contributed by atoms with E-state index in [4.69, 9.17) is 18.2 Å². The molecule has 5 heteroatoms. The largest absolute Gasteiger partial charge is 0.308 e. The van der Waals surface area contributed by atoms with E-state index < -0.39 is 5.41 Å². The van der Waals surface area contributed by atoms with Gasteiger partial charge >= 0.3 is 0 Å². The molecule has 5 nitrogen and oxygen atoms in total. The van der Waals surface area contributed by atoms with Crippen LogP contribution in [0.1, 0.15) is 31.0 Å². The van der Waals surface area contributed by atoms with Crippen LogP contribution in [-0.2, 0) is 16.6 Å². The smallest absolute Gasteiger partial charge is 0.226 e. The quantitative estimate of drug-likeness (QED) is 0.515. The number of hydrogen-bond acceptors (Lipinski definition) is 2. The average molecular weight is 404 g/mol. The van der Waals surface area contributed by atoms with Crippen molar-refractivity contribution >= 4 is 11.5 Å². The topological polar surface area (TPSA) is 43.6 Å². The van der Waals surface area contributed by atoms with Crippen molar-refractivity contribution in [1.29, 1.82) is 0 Å². The Morgan fingerprint density at radius 1 is 1.06 bits per heavy atom. The van der Waals surface area contributed by atoms with Gasteiger partial charge in [0.1, 0.15) is 0 Å². The summed E-state index contributed by atoms with van der Waals surface area (Å²) in [6.07, 6.45) is 4.00. The third-order valence-corrected chi connectivity index (χ3v) is 6.63. The van der Waals surface area contributed by atoms with Gasteiger partial charge in [-0.3, -0.25) is 0 Å². The van der Waals surface area contributed by atoms with E-state index in [1.807, 2.05) is 41.1 Å². The number of benzene rings is 2. The minimum Gasteiger partial charge on any atom is -0.308 e. The lowest BCUT2D eigenvalue weighted by Crippen LogP contribution is -2.41. The molecule has 0 saturated carbocycles. The number of hydrogen-bond donors (Lipinski definition) is 0. The second-order valence-electron chi connectivity index (χ2n) is 8.37. The van der Waals surface area contributed by atoms with Crippen molar-refractivity contribution in [3.05, 3.63) is 100 Å². The van der Waals surface area contributed by atoms with Crippen LogP contribution >= 0.6 is 0 Å². The maximum atomic E-state index is 12.5. The van der Waals surface area contributed by atoms with E-state index in [1.54, 1.807) is 12.1 Å². The fraction of sp³-hybridized carbons (Fsp3) is 0.231. The zero-order valence-corrected chi connectivity index (χ0v) is 17.2. The van der Waals surface area contributed by atoms with E-state index in [2.05, 4.69) is 28.7 Å². The van der Waals surface area contributed by atoms with Gasteiger partial charge in [0.15, 0.2) is 11.5 Å². The van der Waals surface area contributed by atoms with Crippen molar-refractivity contribution in [1.82, 2.24) is 9.78 Å². The molecule has 0 aliphatic heterocycles. The number of carbonyl (C=O) groups excluding carboxylic acids is 1. The van der Waals surface area contributed by atoms with Gasteiger partial charge in [0, 0.05) is 23.0 Å². The van der Waals surface area contributed by atoms with Crippen LogP contribution in [0.4, 0.5) is 5.69 Å². The lowest BCUT2D eigenvalue weighted by atomic mass is 9.62. The SMILES string of the molecule is [C-]#[N+]C1=C[C@@]2(C)c3c(c(-c4ccccc4)nn3-c3ccc([N+]#[C-])cc3)CC[C@@H]2CC1=O. The van der Waals surface area contributed by atoms with Crippen molar-refractivity contribution in [2.24, 2.45) is 5.92 Å². The van der Waals surface area contributed by atoms with Crippen molar-refractivity contribution in [2.75, 3.05) is 0 Å². The number of rotatable bonds is 2. The van der Waals surface area contributed by atoms with Crippen molar-refractivity contribution in [2.45, 2.75) is 31.6 Å². The minimum absolute atomic E-state index is 0.0586. The van der Waals surface area contributed by atoms with Crippen LogP contribution in [0.2, 0.25) is 0 Å². The van der Waals surface area contributed by atoms with Crippen LogP contribution in [0.3, 0.4) is 0 Å². The number of Topliss-reactive ketones (excluding diaryl/α,β-unsaturated/α-hetero) is 1. The molecule has 1 aromatic heterocycles. The summed E-state index contributed by atoms with van der Waals surface area (Å²) >= 11 is 0. The Kier molecular flexibility index (Phi) is 4.34. The second-order valence-corrected chi connectivity index (χ2v) is 8.37. The molecule has 1 heterocycles. The summed E-state index contributed by atoms with van der Waals surface area (Å²) in [5.74, 6) is 0.0799. The zero-order valence-electron chi connectivity index (χ0n) is 17.2. The van der Waals surface area contributed by atoms with Gasteiger partial charge in [0.05, 0.1) is 30.2 Å². The Hall–Kier alpha value is -3.96. The standard InChI is InChI=1S/C26H20N4O/c1-26-16-22(28-3)23(31)15-18(26)9-14-21-24(17-7-5-4-6-8-17)29-30(25(21)26)20-12-10-19(27-2)11-13-20/h4-8,10-13,16,18H,9,14-15H2,1H3/t18-,26-/m1/s1. The van der Waals surface area contributed by atoms with Crippen LogP contribution in [0.25, 0.3) is 26.6 Å². The first kappa shape index (κ1) is 19.0. The molecule has 0 saturated heterocycles. The van der Waals surface area contributed by atoms with Crippen molar-refractivity contribution < 1.29 is 4.79 Å². The summed E-state index contributed by atoms with van der Waals surface area (Å²) in [5.41, 5.74) is 5.44. The van der Waals surface area contributed by atoms with Crippen LogP contribution in [0, 0.1) is 19.1 Å². The first-order valence-corrected chi connectivity index (χ1v) is 10.3. The summed E-state index contributed by atoms with van der Waals surface area (Å²) in [7, 11) is 0. The minimum atomic E-state index is -0.458. The molecule has 150 valence electrons. The molecule has 0 radical (unpaired) electrons. The second kappa shape index (κ2) is 7.07. The molecule has 5 rings (SSSR count). The molecule has 0 bridgehead atoms. The first-order chi connectivity index (χ1) is 15.0. The van der Waals surface area contributed by atoms with E-state index in [9.17, 15) is 4.79 Å². The highest BCUT2D eigenvalue weighted by Gasteiger charge is 2.47. The lowest BCUT2D eigenvalue weighted by Gasteiger charge is -2.42. The molecule has 0 amide bonds. The molecule has 3 aromatic rings. The molecule has 2 aromatic carbocycles. The molecule has 0 spiro atoms. The van der Waals surface area contributed by atoms with Crippen molar-refractivity contribution in [3.8, 4) is 16.9 Å². The fourth-order valence-electron chi connectivity index (χ4n) is 5.02. The van der Waals surface area contributed by atoms with Crippen molar-refractivity contribution in [3.63, 3.8) is 0 Å². The average Bonchev–Trinajstić information content (AvgIpc) is 3.21. The van der Waals surface area contributed by atoms with Gasteiger partial charge in [-0.15, -0.1) is 0 Å². The fourth-order valence-corrected chi connectivity index (χ4v) is 5.02. The monoisotopic (exact) mass is 404 g/mol. The van der Waals surface area contributed by atoms with E-state index in [0.29, 0.717) is 12.1 Å². The number of nitrogens with zero attached hydrogens (tertiary/aromatic N) is 4. The van der Waals surface area contributed by atoms with Crippen LogP contribution in [0.15, 0.2) is 66.4 Å². The van der Waals surface area contributed by atoms with Gasteiger partial charge in [-0.05, 0) is 30.9 Å². The Bertz CT molecular complexity index is 1300. The highest BCUT2D eigenvalue weighted by atomic mass is 16.1. The maximum absolute atomic E-state index is 12.5. The van der Waals surface area contributed by atoms with Gasteiger partial charge in [0.25, 0.3) is 0 Å². The highest BCUT2D eigenvalue weighted by Crippen LogP contribution is 2.50. The van der Waals surface area contributed by atoms with Gasteiger partial charge in [-0.2, -0.15) is 5.10 Å². The number of ketones is 1. The van der Waals surface area contributed by atoms with Gasteiger partial charge in [0.2, 0.25) is 5.70 Å². The Morgan fingerprint density at radius 3 is 2.48 bits per heavy atom.